The highest BCUT2D eigenvalue weighted by Gasteiger charge is 2.44. The second-order valence-electron chi connectivity index (χ2n) is 6.57. The average Bonchev–Trinajstić information content (AvgIpc) is 2.63. The lowest BCUT2D eigenvalue weighted by Gasteiger charge is -2.35. The molecule has 0 unspecified atom stereocenters. The maximum Gasteiger partial charge on any atom is 0.234 e. The van der Waals surface area contributed by atoms with Gasteiger partial charge in [-0.25, -0.2) is 0 Å². The summed E-state index contributed by atoms with van der Waals surface area (Å²) in [7, 11) is 0. The number of hydrogen-bond donors (Lipinski definition) is 3. The first-order chi connectivity index (χ1) is 9.38. The van der Waals surface area contributed by atoms with Crippen LogP contribution in [-0.2, 0) is 4.79 Å². The first-order valence-electron chi connectivity index (χ1n) is 7.68. The fraction of sp³-hybridized carbons (Fsp3) is 0.867. The SMILES string of the molecule is CCCC(C)(C)NC(=O)C1(C(N)=NO)CCCCCC1. The van der Waals surface area contributed by atoms with Gasteiger partial charge < -0.3 is 16.3 Å². The maximum absolute atomic E-state index is 12.8. The molecule has 0 bridgehead atoms. The van der Waals surface area contributed by atoms with Gasteiger partial charge in [-0.1, -0.05) is 44.2 Å². The zero-order valence-electron chi connectivity index (χ0n) is 13.0. The molecule has 5 heteroatoms. The van der Waals surface area contributed by atoms with Crippen molar-refractivity contribution >= 4 is 11.7 Å². The van der Waals surface area contributed by atoms with Crippen LogP contribution in [0.25, 0.3) is 0 Å². The molecule has 0 atom stereocenters. The standard InChI is InChI=1S/C15H29N3O2/c1-4-9-14(2,3)17-13(19)15(12(16)18-20)10-7-5-6-8-11-15/h20H,4-11H2,1-3H3,(H2,16,18)(H,17,19). The minimum atomic E-state index is -0.837. The van der Waals surface area contributed by atoms with E-state index in [4.69, 9.17) is 10.9 Å². The third kappa shape index (κ3) is 3.87. The Kier molecular flexibility index (Phi) is 5.84. The smallest absolute Gasteiger partial charge is 0.234 e. The molecule has 0 aromatic rings. The topological polar surface area (TPSA) is 87.7 Å². The number of nitrogens with zero attached hydrogens (tertiary/aromatic N) is 1. The van der Waals surface area contributed by atoms with Crippen LogP contribution in [0.2, 0.25) is 0 Å². The van der Waals surface area contributed by atoms with E-state index in [2.05, 4.69) is 17.4 Å². The van der Waals surface area contributed by atoms with E-state index in [0.29, 0.717) is 12.8 Å². The van der Waals surface area contributed by atoms with E-state index in [1.807, 2.05) is 13.8 Å². The van der Waals surface area contributed by atoms with E-state index < -0.39 is 5.41 Å². The number of amides is 1. The molecule has 1 amide bonds. The van der Waals surface area contributed by atoms with Crippen LogP contribution in [-0.4, -0.2) is 22.5 Å². The summed E-state index contributed by atoms with van der Waals surface area (Å²) >= 11 is 0. The Morgan fingerprint density at radius 3 is 2.30 bits per heavy atom. The van der Waals surface area contributed by atoms with Gasteiger partial charge in [-0.15, -0.1) is 0 Å². The Labute approximate surface area is 122 Å². The van der Waals surface area contributed by atoms with Crippen LogP contribution >= 0.6 is 0 Å². The molecule has 4 N–H and O–H groups in total. The van der Waals surface area contributed by atoms with Crippen LogP contribution in [0.15, 0.2) is 5.16 Å². The number of hydrogen-bond acceptors (Lipinski definition) is 3. The van der Waals surface area contributed by atoms with Crippen molar-refractivity contribution in [3.8, 4) is 0 Å². The van der Waals surface area contributed by atoms with Crippen LogP contribution in [0.4, 0.5) is 0 Å². The van der Waals surface area contributed by atoms with Gasteiger partial charge in [0.15, 0.2) is 5.84 Å². The fourth-order valence-electron chi connectivity index (χ4n) is 3.14. The predicted octanol–water partition coefficient (Wildman–Crippen LogP) is 2.77. The van der Waals surface area contributed by atoms with E-state index >= 15 is 0 Å². The van der Waals surface area contributed by atoms with Gasteiger partial charge in [0.25, 0.3) is 0 Å². The van der Waals surface area contributed by atoms with Gasteiger partial charge in [-0.2, -0.15) is 0 Å². The van der Waals surface area contributed by atoms with Gasteiger partial charge in [0.05, 0.1) is 0 Å². The third-order valence-corrected chi connectivity index (χ3v) is 4.32. The Hall–Kier alpha value is -1.26. The fourth-order valence-corrected chi connectivity index (χ4v) is 3.14. The maximum atomic E-state index is 12.8. The largest absolute Gasteiger partial charge is 0.409 e. The summed E-state index contributed by atoms with van der Waals surface area (Å²) in [5.41, 5.74) is 4.78. The first-order valence-corrected chi connectivity index (χ1v) is 7.68. The molecule has 20 heavy (non-hydrogen) atoms. The van der Waals surface area contributed by atoms with Crippen LogP contribution in [0.1, 0.15) is 72.1 Å². The molecule has 0 spiro atoms. The summed E-state index contributed by atoms with van der Waals surface area (Å²) in [4.78, 5) is 12.8. The summed E-state index contributed by atoms with van der Waals surface area (Å²) in [5, 5.41) is 15.3. The Morgan fingerprint density at radius 2 is 1.85 bits per heavy atom. The lowest BCUT2D eigenvalue weighted by molar-refractivity contribution is -0.130. The molecule has 1 saturated carbocycles. The second kappa shape index (κ2) is 6.95. The zero-order valence-corrected chi connectivity index (χ0v) is 13.0. The summed E-state index contributed by atoms with van der Waals surface area (Å²) in [6.45, 7) is 6.13. The molecule has 1 rings (SSSR count). The van der Waals surface area contributed by atoms with Gasteiger partial charge in [-0.3, -0.25) is 4.79 Å². The molecular weight excluding hydrogens is 254 g/mol. The van der Waals surface area contributed by atoms with E-state index in [9.17, 15) is 4.79 Å². The lowest BCUT2D eigenvalue weighted by Crippen LogP contribution is -2.55. The van der Waals surface area contributed by atoms with E-state index in [-0.39, 0.29) is 17.3 Å². The quantitative estimate of drug-likeness (QED) is 0.238. The van der Waals surface area contributed by atoms with E-state index in [1.165, 1.54) is 0 Å². The zero-order chi connectivity index (χ0) is 15.2. The molecule has 1 aliphatic rings. The number of nitrogens with one attached hydrogen (secondary N) is 1. The van der Waals surface area contributed by atoms with Crippen molar-refractivity contribution < 1.29 is 10.0 Å². The van der Waals surface area contributed by atoms with Crippen molar-refractivity contribution in [1.82, 2.24) is 5.32 Å². The van der Waals surface area contributed by atoms with Gasteiger partial charge >= 0.3 is 0 Å². The number of oxime groups is 1. The molecule has 0 aliphatic heterocycles. The lowest BCUT2D eigenvalue weighted by atomic mass is 9.77. The van der Waals surface area contributed by atoms with Crippen molar-refractivity contribution in [2.24, 2.45) is 16.3 Å². The molecule has 0 radical (unpaired) electrons. The highest BCUT2D eigenvalue weighted by atomic mass is 16.4. The third-order valence-electron chi connectivity index (χ3n) is 4.32. The average molecular weight is 283 g/mol. The van der Waals surface area contributed by atoms with Gasteiger partial charge in [0.2, 0.25) is 5.91 Å². The van der Waals surface area contributed by atoms with Crippen LogP contribution in [0.5, 0.6) is 0 Å². The molecule has 116 valence electrons. The number of nitrogens with two attached hydrogens (primary N) is 1. The van der Waals surface area contributed by atoms with Gasteiger partial charge in [0, 0.05) is 5.54 Å². The first kappa shape index (κ1) is 16.8. The predicted molar refractivity (Wildman–Crippen MR) is 80.7 cm³/mol. The molecular formula is C15H29N3O2. The van der Waals surface area contributed by atoms with Crippen LogP contribution in [0, 0.1) is 5.41 Å². The Morgan fingerprint density at radius 1 is 1.30 bits per heavy atom. The van der Waals surface area contributed by atoms with Crippen LogP contribution in [0.3, 0.4) is 0 Å². The minimum Gasteiger partial charge on any atom is -0.409 e. The summed E-state index contributed by atoms with van der Waals surface area (Å²) in [5.74, 6) is -0.0302. The Bertz CT molecular complexity index is 356. The van der Waals surface area contributed by atoms with Crippen molar-refractivity contribution in [2.75, 3.05) is 0 Å². The molecule has 0 heterocycles. The monoisotopic (exact) mass is 283 g/mol. The highest BCUT2D eigenvalue weighted by Crippen LogP contribution is 2.36. The molecule has 5 nitrogen and oxygen atoms in total. The van der Waals surface area contributed by atoms with Gasteiger partial charge in [0.1, 0.15) is 5.41 Å². The van der Waals surface area contributed by atoms with Gasteiger partial charge in [-0.05, 0) is 33.1 Å². The number of carbonyl (C=O) groups excluding carboxylic acids is 1. The summed E-state index contributed by atoms with van der Waals surface area (Å²) in [6.07, 6.45) is 7.33. The molecule has 0 aromatic heterocycles. The van der Waals surface area contributed by atoms with Crippen LogP contribution < -0.4 is 11.1 Å². The molecule has 0 saturated heterocycles. The normalized spacial score (nSPS) is 20.2. The summed E-state index contributed by atoms with van der Waals surface area (Å²) in [6, 6.07) is 0. The van der Waals surface area contributed by atoms with Crippen molar-refractivity contribution in [3.63, 3.8) is 0 Å². The molecule has 1 fully saturated rings. The van der Waals surface area contributed by atoms with E-state index in [0.717, 1.165) is 38.5 Å². The Balaban J connectivity index is 2.96. The number of carbonyl (C=O) groups is 1. The summed E-state index contributed by atoms with van der Waals surface area (Å²) < 4.78 is 0. The number of rotatable bonds is 5. The second-order valence-corrected chi connectivity index (χ2v) is 6.57. The molecule has 1 aliphatic carbocycles. The molecule has 0 aromatic carbocycles. The highest BCUT2D eigenvalue weighted by molar-refractivity contribution is 6.07. The van der Waals surface area contributed by atoms with Crippen molar-refractivity contribution in [3.05, 3.63) is 0 Å². The van der Waals surface area contributed by atoms with E-state index in [1.54, 1.807) is 0 Å². The minimum absolute atomic E-state index is 0.0594. The van der Waals surface area contributed by atoms with Crippen molar-refractivity contribution in [2.45, 2.75) is 77.7 Å². The number of amidine groups is 1. The van der Waals surface area contributed by atoms with Crippen molar-refractivity contribution in [1.29, 1.82) is 0 Å².